The normalized spacial score (nSPS) is 15.9. The van der Waals surface area contributed by atoms with Crippen LogP contribution in [-0.2, 0) is 4.79 Å². The SMILES string of the molecule is O=C(NN(c1ccccc1)c1ccccc1)C1CCCN(C(=O)c2ccc(F)cc2)C1. The van der Waals surface area contributed by atoms with E-state index in [1.165, 1.54) is 24.3 Å². The third kappa shape index (κ3) is 4.91. The van der Waals surface area contributed by atoms with Crippen LogP contribution >= 0.6 is 0 Å². The van der Waals surface area contributed by atoms with Crippen molar-refractivity contribution in [3.63, 3.8) is 0 Å². The molecule has 1 heterocycles. The third-order valence-corrected chi connectivity index (χ3v) is 5.42. The van der Waals surface area contributed by atoms with Crippen molar-refractivity contribution >= 4 is 23.2 Å². The number of hydrogen-bond donors (Lipinski definition) is 1. The highest BCUT2D eigenvalue weighted by atomic mass is 19.1. The number of likely N-dealkylation sites (tertiary alicyclic amines) is 1. The summed E-state index contributed by atoms with van der Waals surface area (Å²) >= 11 is 0. The van der Waals surface area contributed by atoms with Gasteiger partial charge in [-0.2, -0.15) is 0 Å². The van der Waals surface area contributed by atoms with Gasteiger partial charge in [0.25, 0.3) is 5.91 Å². The van der Waals surface area contributed by atoms with Crippen molar-refractivity contribution in [2.24, 2.45) is 5.92 Å². The van der Waals surface area contributed by atoms with Gasteiger partial charge in [0.05, 0.1) is 17.3 Å². The molecule has 1 saturated heterocycles. The van der Waals surface area contributed by atoms with Gasteiger partial charge in [-0.3, -0.25) is 20.0 Å². The molecule has 1 atom stereocenters. The molecule has 1 aliphatic heterocycles. The lowest BCUT2D eigenvalue weighted by molar-refractivity contribution is -0.126. The van der Waals surface area contributed by atoms with Crippen LogP contribution in [0.2, 0.25) is 0 Å². The largest absolute Gasteiger partial charge is 0.338 e. The van der Waals surface area contributed by atoms with E-state index in [4.69, 9.17) is 0 Å². The van der Waals surface area contributed by atoms with Gasteiger partial charge in [-0.1, -0.05) is 36.4 Å². The molecule has 0 aliphatic carbocycles. The number of piperidine rings is 1. The molecule has 0 radical (unpaired) electrons. The lowest BCUT2D eigenvalue weighted by Crippen LogP contribution is -2.49. The molecule has 31 heavy (non-hydrogen) atoms. The lowest BCUT2D eigenvalue weighted by Gasteiger charge is -2.34. The van der Waals surface area contributed by atoms with E-state index in [2.05, 4.69) is 5.43 Å². The van der Waals surface area contributed by atoms with E-state index >= 15 is 0 Å². The van der Waals surface area contributed by atoms with Gasteiger partial charge in [-0.15, -0.1) is 0 Å². The number of hydrazine groups is 1. The Morgan fingerprint density at radius 2 is 1.45 bits per heavy atom. The van der Waals surface area contributed by atoms with E-state index in [0.29, 0.717) is 25.1 Å². The molecule has 0 spiro atoms. The molecule has 1 unspecified atom stereocenters. The Morgan fingerprint density at radius 3 is 2.03 bits per heavy atom. The minimum Gasteiger partial charge on any atom is -0.338 e. The second kappa shape index (κ2) is 9.43. The quantitative estimate of drug-likeness (QED) is 0.620. The molecule has 0 saturated carbocycles. The minimum absolute atomic E-state index is 0.135. The number of nitrogens with zero attached hydrogens (tertiary/aromatic N) is 2. The molecule has 1 fully saturated rings. The molecular weight excluding hydrogens is 393 g/mol. The Morgan fingerprint density at radius 1 is 0.871 bits per heavy atom. The Kier molecular flexibility index (Phi) is 6.26. The van der Waals surface area contributed by atoms with E-state index in [9.17, 15) is 14.0 Å². The van der Waals surface area contributed by atoms with Crippen LogP contribution in [0.25, 0.3) is 0 Å². The highest BCUT2D eigenvalue weighted by molar-refractivity contribution is 5.94. The van der Waals surface area contributed by atoms with Gasteiger partial charge in [-0.05, 0) is 61.4 Å². The zero-order chi connectivity index (χ0) is 21.6. The molecule has 1 N–H and O–H groups in total. The summed E-state index contributed by atoms with van der Waals surface area (Å²) in [5, 5.41) is 1.77. The number of amides is 2. The Balaban J connectivity index is 1.48. The van der Waals surface area contributed by atoms with Gasteiger partial charge in [0.1, 0.15) is 5.82 Å². The summed E-state index contributed by atoms with van der Waals surface area (Å²) in [6.45, 7) is 0.917. The van der Waals surface area contributed by atoms with Crippen molar-refractivity contribution in [2.75, 3.05) is 18.1 Å². The molecule has 5 nitrogen and oxygen atoms in total. The van der Waals surface area contributed by atoms with Crippen LogP contribution in [0.3, 0.4) is 0 Å². The maximum absolute atomic E-state index is 13.2. The van der Waals surface area contributed by atoms with Crippen molar-refractivity contribution in [2.45, 2.75) is 12.8 Å². The fourth-order valence-corrected chi connectivity index (χ4v) is 3.78. The van der Waals surface area contributed by atoms with Crippen molar-refractivity contribution in [1.29, 1.82) is 0 Å². The van der Waals surface area contributed by atoms with Crippen LogP contribution in [0, 0.1) is 11.7 Å². The van der Waals surface area contributed by atoms with E-state index in [1.807, 2.05) is 60.7 Å². The first kappa shape index (κ1) is 20.6. The standard InChI is InChI=1S/C25H24FN3O2/c26-21-15-13-19(14-16-21)25(31)28-17-7-8-20(18-28)24(30)27-29(22-9-3-1-4-10-22)23-11-5-2-6-12-23/h1-6,9-16,20H,7-8,17-18H2,(H,27,30). The fraction of sp³-hybridized carbons (Fsp3) is 0.200. The number of nitrogens with one attached hydrogen (secondary N) is 1. The average molecular weight is 417 g/mol. The van der Waals surface area contributed by atoms with Gasteiger partial charge in [0.2, 0.25) is 5.91 Å². The van der Waals surface area contributed by atoms with Gasteiger partial charge in [-0.25, -0.2) is 4.39 Å². The van der Waals surface area contributed by atoms with E-state index in [0.717, 1.165) is 17.8 Å². The van der Waals surface area contributed by atoms with Crippen LogP contribution in [-0.4, -0.2) is 29.8 Å². The average Bonchev–Trinajstić information content (AvgIpc) is 2.83. The molecule has 3 aromatic rings. The molecule has 6 heteroatoms. The number of benzene rings is 3. The summed E-state index contributed by atoms with van der Waals surface area (Å²) in [4.78, 5) is 27.6. The van der Waals surface area contributed by atoms with E-state index in [-0.39, 0.29) is 23.5 Å². The first-order chi connectivity index (χ1) is 15.1. The van der Waals surface area contributed by atoms with Crippen molar-refractivity contribution < 1.29 is 14.0 Å². The molecule has 2 amide bonds. The lowest BCUT2D eigenvalue weighted by atomic mass is 9.96. The molecule has 1 aliphatic rings. The maximum atomic E-state index is 13.2. The van der Waals surface area contributed by atoms with E-state index < -0.39 is 0 Å². The number of rotatable bonds is 5. The highest BCUT2D eigenvalue weighted by Gasteiger charge is 2.30. The first-order valence-electron chi connectivity index (χ1n) is 10.4. The molecule has 4 rings (SSSR count). The first-order valence-corrected chi connectivity index (χ1v) is 10.4. The van der Waals surface area contributed by atoms with Crippen LogP contribution < -0.4 is 10.4 Å². The number of carbonyl (C=O) groups excluding carboxylic acids is 2. The van der Waals surface area contributed by atoms with Gasteiger partial charge >= 0.3 is 0 Å². The van der Waals surface area contributed by atoms with E-state index in [1.54, 1.807) is 9.91 Å². The van der Waals surface area contributed by atoms with Gasteiger partial charge < -0.3 is 4.90 Å². The van der Waals surface area contributed by atoms with Crippen molar-refractivity contribution in [3.8, 4) is 0 Å². The summed E-state index contributed by atoms with van der Waals surface area (Å²) in [6, 6.07) is 24.8. The number of para-hydroxylation sites is 2. The second-order valence-corrected chi connectivity index (χ2v) is 7.58. The topological polar surface area (TPSA) is 52.7 Å². The second-order valence-electron chi connectivity index (χ2n) is 7.58. The van der Waals surface area contributed by atoms with Crippen LogP contribution in [0.15, 0.2) is 84.9 Å². The number of carbonyl (C=O) groups is 2. The number of hydrogen-bond acceptors (Lipinski definition) is 3. The zero-order valence-corrected chi connectivity index (χ0v) is 17.1. The van der Waals surface area contributed by atoms with Gasteiger partial charge in [0.15, 0.2) is 0 Å². The molecule has 0 aromatic heterocycles. The molecular formula is C25H24FN3O2. The van der Waals surface area contributed by atoms with Crippen LogP contribution in [0.1, 0.15) is 23.2 Å². The third-order valence-electron chi connectivity index (χ3n) is 5.42. The highest BCUT2D eigenvalue weighted by Crippen LogP contribution is 2.24. The van der Waals surface area contributed by atoms with Crippen molar-refractivity contribution in [1.82, 2.24) is 10.3 Å². The summed E-state index contributed by atoms with van der Waals surface area (Å²) in [7, 11) is 0. The number of halogens is 1. The van der Waals surface area contributed by atoms with Crippen LogP contribution in [0.5, 0.6) is 0 Å². The molecule has 158 valence electrons. The zero-order valence-electron chi connectivity index (χ0n) is 17.1. The summed E-state index contributed by atoms with van der Waals surface area (Å²) in [5.74, 6) is -1.02. The summed E-state index contributed by atoms with van der Waals surface area (Å²) < 4.78 is 13.2. The fourth-order valence-electron chi connectivity index (χ4n) is 3.78. The van der Waals surface area contributed by atoms with Crippen molar-refractivity contribution in [3.05, 3.63) is 96.3 Å². The summed E-state index contributed by atoms with van der Waals surface area (Å²) in [5.41, 5.74) is 5.15. The Hall–Kier alpha value is -3.67. The van der Waals surface area contributed by atoms with Crippen LogP contribution in [0.4, 0.5) is 15.8 Å². The Bertz CT molecular complexity index is 986. The number of anilines is 2. The molecule has 3 aromatic carbocycles. The maximum Gasteiger partial charge on any atom is 0.253 e. The summed E-state index contributed by atoms with van der Waals surface area (Å²) in [6.07, 6.45) is 1.44. The van der Waals surface area contributed by atoms with Gasteiger partial charge in [0, 0.05) is 18.7 Å². The monoisotopic (exact) mass is 417 g/mol. The predicted molar refractivity (Wildman–Crippen MR) is 118 cm³/mol. The smallest absolute Gasteiger partial charge is 0.253 e. The Labute approximate surface area is 181 Å². The molecule has 0 bridgehead atoms. The minimum atomic E-state index is -0.380. The predicted octanol–water partition coefficient (Wildman–Crippen LogP) is 4.55.